The van der Waals surface area contributed by atoms with Gasteiger partial charge in [-0.1, -0.05) is 6.07 Å². The Morgan fingerprint density at radius 1 is 1.35 bits per heavy atom. The van der Waals surface area contributed by atoms with Crippen molar-refractivity contribution in [3.63, 3.8) is 0 Å². The maximum atomic E-state index is 12.0. The lowest BCUT2D eigenvalue weighted by atomic mass is 10.3. The minimum Gasteiger partial charge on any atom is -0.341 e. The first-order chi connectivity index (χ1) is 9.74. The van der Waals surface area contributed by atoms with Crippen molar-refractivity contribution < 1.29 is 4.79 Å². The minimum absolute atomic E-state index is 0.00438. The molecule has 5 nitrogen and oxygen atoms in total. The van der Waals surface area contributed by atoms with Crippen molar-refractivity contribution in [3.05, 3.63) is 40.3 Å². The van der Waals surface area contributed by atoms with E-state index in [0.29, 0.717) is 5.69 Å². The molecule has 1 amide bonds. The topological polar surface area (TPSA) is 55.2 Å². The molecule has 0 radical (unpaired) electrons. The van der Waals surface area contributed by atoms with Gasteiger partial charge in [0.15, 0.2) is 0 Å². The van der Waals surface area contributed by atoms with Gasteiger partial charge in [-0.3, -0.25) is 14.2 Å². The molecule has 6 heteroatoms. The molecule has 20 heavy (non-hydrogen) atoms. The summed E-state index contributed by atoms with van der Waals surface area (Å²) in [6.45, 7) is 1.68. The summed E-state index contributed by atoms with van der Waals surface area (Å²) in [4.78, 5) is 31.1. The molecule has 1 aliphatic heterocycles. The Labute approximate surface area is 120 Å². The average Bonchev–Trinajstić information content (AvgIpc) is 3.14. The molecule has 1 fully saturated rings. The number of thiophene rings is 1. The zero-order chi connectivity index (χ0) is 13.9. The first-order valence-electron chi connectivity index (χ1n) is 6.62. The molecule has 1 aliphatic rings. The zero-order valence-electron chi connectivity index (χ0n) is 11.0. The summed E-state index contributed by atoms with van der Waals surface area (Å²) >= 11 is 1.54. The third kappa shape index (κ3) is 2.65. The van der Waals surface area contributed by atoms with Crippen molar-refractivity contribution in [1.82, 2.24) is 14.5 Å². The van der Waals surface area contributed by atoms with E-state index in [1.54, 1.807) is 4.90 Å². The van der Waals surface area contributed by atoms with E-state index in [1.165, 1.54) is 28.3 Å². The largest absolute Gasteiger partial charge is 0.341 e. The van der Waals surface area contributed by atoms with E-state index in [2.05, 4.69) is 4.98 Å². The van der Waals surface area contributed by atoms with Gasteiger partial charge in [0.1, 0.15) is 6.54 Å². The maximum Gasteiger partial charge on any atom is 0.254 e. The van der Waals surface area contributed by atoms with Crippen molar-refractivity contribution in [2.45, 2.75) is 19.4 Å². The number of rotatable bonds is 3. The SMILES string of the molecule is O=C(Cn1cnc(-c2cccs2)cc1=O)N1CCCC1. The van der Waals surface area contributed by atoms with Crippen molar-refractivity contribution in [1.29, 1.82) is 0 Å². The minimum atomic E-state index is -0.184. The predicted molar refractivity (Wildman–Crippen MR) is 77.6 cm³/mol. The number of likely N-dealkylation sites (tertiary alicyclic amines) is 1. The Morgan fingerprint density at radius 3 is 2.80 bits per heavy atom. The van der Waals surface area contributed by atoms with Crippen LogP contribution in [0.4, 0.5) is 0 Å². The van der Waals surface area contributed by atoms with Crippen molar-refractivity contribution in [2.24, 2.45) is 0 Å². The van der Waals surface area contributed by atoms with Crippen LogP contribution in [0.3, 0.4) is 0 Å². The van der Waals surface area contributed by atoms with Gasteiger partial charge in [0, 0.05) is 19.2 Å². The fraction of sp³-hybridized carbons (Fsp3) is 0.357. The molecule has 0 N–H and O–H groups in total. The van der Waals surface area contributed by atoms with Gasteiger partial charge in [0.25, 0.3) is 5.56 Å². The summed E-state index contributed by atoms with van der Waals surface area (Å²) in [5, 5.41) is 1.94. The van der Waals surface area contributed by atoms with E-state index in [9.17, 15) is 9.59 Å². The molecule has 0 saturated carbocycles. The van der Waals surface area contributed by atoms with Gasteiger partial charge in [-0.15, -0.1) is 11.3 Å². The summed E-state index contributed by atoms with van der Waals surface area (Å²) in [6, 6.07) is 5.33. The van der Waals surface area contributed by atoms with Crippen LogP contribution in [-0.2, 0) is 11.3 Å². The molecule has 0 spiro atoms. The summed E-state index contributed by atoms with van der Waals surface area (Å²) in [6.07, 6.45) is 3.57. The Hall–Kier alpha value is -1.95. The van der Waals surface area contributed by atoms with Gasteiger partial charge in [-0.25, -0.2) is 4.98 Å². The first-order valence-corrected chi connectivity index (χ1v) is 7.50. The molecule has 3 rings (SSSR count). The number of nitrogens with zero attached hydrogens (tertiary/aromatic N) is 3. The Bertz CT molecular complexity index is 657. The van der Waals surface area contributed by atoms with Crippen LogP contribution in [0.25, 0.3) is 10.6 Å². The fourth-order valence-corrected chi connectivity index (χ4v) is 3.01. The predicted octanol–water partition coefficient (Wildman–Crippen LogP) is 1.59. The molecule has 0 atom stereocenters. The summed E-state index contributed by atoms with van der Waals surface area (Å²) in [5.41, 5.74) is 0.478. The van der Waals surface area contributed by atoms with Crippen LogP contribution in [0.1, 0.15) is 12.8 Å². The van der Waals surface area contributed by atoms with E-state index in [1.807, 2.05) is 17.5 Å². The maximum absolute atomic E-state index is 12.0. The summed E-state index contributed by atoms with van der Waals surface area (Å²) in [5.74, 6) is -0.00438. The molecule has 2 aromatic heterocycles. The van der Waals surface area contributed by atoms with E-state index >= 15 is 0 Å². The Kier molecular flexibility index (Phi) is 3.64. The van der Waals surface area contributed by atoms with Crippen molar-refractivity contribution in [2.75, 3.05) is 13.1 Å². The highest BCUT2D eigenvalue weighted by Gasteiger charge is 2.18. The lowest BCUT2D eigenvalue weighted by Crippen LogP contribution is -2.34. The molecule has 1 saturated heterocycles. The van der Waals surface area contributed by atoms with Crippen LogP contribution < -0.4 is 5.56 Å². The van der Waals surface area contributed by atoms with Crippen molar-refractivity contribution in [3.8, 4) is 10.6 Å². The van der Waals surface area contributed by atoms with Gasteiger partial charge in [0.2, 0.25) is 5.91 Å². The molecular formula is C14H15N3O2S. The highest BCUT2D eigenvalue weighted by atomic mass is 32.1. The van der Waals surface area contributed by atoms with Gasteiger partial charge in [-0.2, -0.15) is 0 Å². The van der Waals surface area contributed by atoms with Crippen LogP contribution in [0.2, 0.25) is 0 Å². The smallest absolute Gasteiger partial charge is 0.254 e. The fourth-order valence-electron chi connectivity index (χ4n) is 2.32. The standard InChI is InChI=1S/C14H15N3O2S/c18-13-8-11(12-4-3-7-20-12)15-10-17(13)9-14(19)16-5-1-2-6-16/h3-4,7-8,10H,1-2,5-6,9H2. The van der Waals surface area contributed by atoms with Gasteiger partial charge >= 0.3 is 0 Å². The summed E-state index contributed by atoms with van der Waals surface area (Å²) < 4.78 is 1.37. The Morgan fingerprint density at radius 2 is 2.15 bits per heavy atom. The van der Waals surface area contributed by atoms with E-state index in [0.717, 1.165) is 30.8 Å². The monoisotopic (exact) mass is 289 g/mol. The lowest BCUT2D eigenvalue weighted by Gasteiger charge is -2.15. The molecule has 104 valence electrons. The first kappa shape index (κ1) is 13.1. The van der Waals surface area contributed by atoms with Gasteiger partial charge < -0.3 is 4.90 Å². The second-order valence-electron chi connectivity index (χ2n) is 4.81. The van der Waals surface area contributed by atoms with E-state index in [-0.39, 0.29) is 18.0 Å². The molecule has 0 unspecified atom stereocenters. The quantitative estimate of drug-likeness (QED) is 0.862. The third-order valence-electron chi connectivity index (χ3n) is 3.42. The number of hydrogen-bond acceptors (Lipinski definition) is 4. The molecule has 3 heterocycles. The molecular weight excluding hydrogens is 274 g/mol. The van der Waals surface area contributed by atoms with Crippen LogP contribution in [0.5, 0.6) is 0 Å². The van der Waals surface area contributed by atoms with Gasteiger partial charge in [-0.05, 0) is 24.3 Å². The highest BCUT2D eigenvalue weighted by molar-refractivity contribution is 7.13. The lowest BCUT2D eigenvalue weighted by molar-refractivity contribution is -0.130. The second kappa shape index (κ2) is 5.58. The second-order valence-corrected chi connectivity index (χ2v) is 5.75. The Balaban J connectivity index is 1.77. The molecule has 0 aliphatic carbocycles. The normalized spacial score (nSPS) is 14.7. The highest BCUT2D eigenvalue weighted by Crippen LogP contribution is 2.20. The molecule has 2 aromatic rings. The number of amides is 1. The zero-order valence-corrected chi connectivity index (χ0v) is 11.8. The van der Waals surface area contributed by atoms with Crippen LogP contribution >= 0.6 is 11.3 Å². The molecule has 0 bridgehead atoms. The number of hydrogen-bond donors (Lipinski definition) is 0. The van der Waals surface area contributed by atoms with E-state index in [4.69, 9.17) is 0 Å². The van der Waals surface area contributed by atoms with E-state index < -0.39 is 0 Å². The van der Waals surface area contributed by atoms with Gasteiger partial charge in [0.05, 0.1) is 16.9 Å². The third-order valence-corrected chi connectivity index (χ3v) is 4.31. The van der Waals surface area contributed by atoms with Crippen LogP contribution in [0.15, 0.2) is 34.7 Å². The number of carbonyl (C=O) groups excluding carboxylic acids is 1. The average molecular weight is 289 g/mol. The van der Waals surface area contributed by atoms with Crippen molar-refractivity contribution >= 4 is 17.2 Å². The molecule has 0 aromatic carbocycles. The summed E-state index contributed by atoms with van der Waals surface area (Å²) in [7, 11) is 0. The van der Waals surface area contributed by atoms with Crippen LogP contribution in [0, 0.1) is 0 Å². The number of aromatic nitrogens is 2. The number of carbonyl (C=O) groups is 1. The van der Waals surface area contributed by atoms with Crippen LogP contribution in [-0.4, -0.2) is 33.4 Å².